The van der Waals surface area contributed by atoms with E-state index >= 15 is 0 Å². The first kappa shape index (κ1) is 19.8. The van der Waals surface area contributed by atoms with Crippen molar-refractivity contribution in [1.29, 1.82) is 0 Å². The summed E-state index contributed by atoms with van der Waals surface area (Å²) in [5, 5.41) is 0.701. The summed E-state index contributed by atoms with van der Waals surface area (Å²) in [6.07, 6.45) is 0. The van der Waals surface area contributed by atoms with E-state index in [0.29, 0.717) is 22.3 Å². The molecule has 0 atom stereocenters. The summed E-state index contributed by atoms with van der Waals surface area (Å²) in [7, 11) is 1.49. The van der Waals surface area contributed by atoms with Crippen LogP contribution in [0.2, 0.25) is 0 Å². The number of benzene rings is 2. The molecular formula is C20H18BrNO6. The minimum Gasteiger partial charge on any atom is -0.497 e. The monoisotopic (exact) mass is 447 g/mol. The highest BCUT2D eigenvalue weighted by atomic mass is 79.9. The Morgan fingerprint density at radius 3 is 2.64 bits per heavy atom. The molecule has 0 unspecified atom stereocenters. The van der Waals surface area contributed by atoms with Gasteiger partial charge in [-0.05, 0) is 43.3 Å². The van der Waals surface area contributed by atoms with Gasteiger partial charge in [0, 0.05) is 9.86 Å². The van der Waals surface area contributed by atoms with Crippen LogP contribution < -0.4 is 15.2 Å². The topological polar surface area (TPSA) is 101 Å². The Kier molecular flexibility index (Phi) is 5.89. The Bertz CT molecular complexity index is 1040. The van der Waals surface area contributed by atoms with Gasteiger partial charge in [0.1, 0.15) is 23.7 Å². The maximum absolute atomic E-state index is 12.3. The maximum atomic E-state index is 12.3. The quantitative estimate of drug-likeness (QED) is 0.548. The number of methoxy groups -OCH3 is 1. The number of hydrogen-bond donors (Lipinski definition) is 1. The molecule has 2 N–H and O–H groups in total. The lowest BCUT2D eigenvalue weighted by Crippen LogP contribution is -2.14. The van der Waals surface area contributed by atoms with Crippen molar-refractivity contribution in [2.75, 3.05) is 13.7 Å². The molecule has 2 aromatic carbocycles. The number of esters is 1. The van der Waals surface area contributed by atoms with E-state index in [9.17, 15) is 9.59 Å². The summed E-state index contributed by atoms with van der Waals surface area (Å²) in [6, 6.07) is 10.1. The number of primary amides is 1. The van der Waals surface area contributed by atoms with Gasteiger partial charge in [0.25, 0.3) is 5.91 Å². The van der Waals surface area contributed by atoms with Crippen molar-refractivity contribution < 1.29 is 28.2 Å². The number of rotatable bonds is 7. The number of halogens is 1. The highest BCUT2D eigenvalue weighted by molar-refractivity contribution is 9.10. The van der Waals surface area contributed by atoms with Crippen LogP contribution >= 0.6 is 15.9 Å². The molecule has 1 amide bonds. The summed E-state index contributed by atoms with van der Waals surface area (Å²) >= 11 is 3.41. The Morgan fingerprint density at radius 1 is 1.18 bits per heavy atom. The Morgan fingerprint density at radius 2 is 1.96 bits per heavy atom. The summed E-state index contributed by atoms with van der Waals surface area (Å²) in [6.45, 7) is 1.90. The van der Waals surface area contributed by atoms with Crippen molar-refractivity contribution in [2.45, 2.75) is 13.5 Å². The van der Waals surface area contributed by atoms with Gasteiger partial charge < -0.3 is 24.4 Å². The maximum Gasteiger partial charge on any atom is 0.374 e. The molecule has 0 aliphatic carbocycles. The van der Waals surface area contributed by atoms with Crippen LogP contribution in [0.25, 0.3) is 11.0 Å². The van der Waals surface area contributed by atoms with Crippen LogP contribution in [-0.2, 0) is 11.3 Å². The van der Waals surface area contributed by atoms with E-state index in [-0.39, 0.29) is 30.3 Å². The molecule has 146 valence electrons. The van der Waals surface area contributed by atoms with Crippen LogP contribution in [0.15, 0.2) is 45.3 Å². The summed E-state index contributed by atoms with van der Waals surface area (Å²) < 4.78 is 22.5. The van der Waals surface area contributed by atoms with E-state index in [0.717, 1.165) is 4.47 Å². The van der Waals surface area contributed by atoms with Crippen LogP contribution in [0, 0.1) is 0 Å². The molecule has 0 radical (unpaired) electrons. The van der Waals surface area contributed by atoms with Crippen molar-refractivity contribution in [3.63, 3.8) is 0 Å². The molecule has 0 aliphatic rings. The lowest BCUT2D eigenvalue weighted by Gasteiger charge is -2.11. The van der Waals surface area contributed by atoms with Gasteiger partial charge >= 0.3 is 5.97 Å². The Labute approximate surface area is 169 Å². The predicted octanol–water partition coefficient (Wildman–Crippen LogP) is 4.06. The molecular weight excluding hydrogens is 430 g/mol. The first-order valence-corrected chi connectivity index (χ1v) is 9.22. The second kappa shape index (κ2) is 8.35. The molecule has 0 spiro atoms. The van der Waals surface area contributed by atoms with E-state index in [1.165, 1.54) is 13.2 Å². The molecule has 0 saturated carbocycles. The number of carbonyl (C=O) groups is 2. The van der Waals surface area contributed by atoms with Crippen LogP contribution in [0.4, 0.5) is 0 Å². The zero-order valence-electron chi connectivity index (χ0n) is 15.3. The van der Waals surface area contributed by atoms with Gasteiger partial charge in [-0.1, -0.05) is 15.9 Å². The average Bonchev–Trinajstić information content (AvgIpc) is 3.04. The van der Waals surface area contributed by atoms with Crippen LogP contribution in [0.3, 0.4) is 0 Å². The molecule has 28 heavy (non-hydrogen) atoms. The van der Waals surface area contributed by atoms with Gasteiger partial charge in [-0.15, -0.1) is 0 Å². The third kappa shape index (κ3) is 3.96. The van der Waals surface area contributed by atoms with Crippen molar-refractivity contribution in [1.82, 2.24) is 0 Å². The molecule has 3 rings (SSSR count). The number of nitrogens with two attached hydrogens (primary N) is 1. The average molecular weight is 448 g/mol. The van der Waals surface area contributed by atoms with Crippen LogP contribution in [0.1, 0.15) is 33.4 Å². The second-order valence-electron chi connectivity index (χ2n) is 5.79. The molecule has 1 aromatic heterocycles. The van der Waals surface area contributed by atoms with E-state index in [1.54, 1.807) is 31.2 Å². The summed E-state index contributed by atoms with van der Waals surface area (Å²) in [4.78, 5) is 24.1. The molecule has 1 heterocycles. The SMILES string of the molecule is CCOC(=O)c1oc2ccc(Br)cc2c1COc1ccc(OC)cc1C(N)=O. The van der Waals surface area contributed by atoms with E-state index in [2.05, 4.69) is 15.9 Å². The lowest BCUT2D eigenvalue weighted by molar-refractivity contribution is 0.0488. The minimum absolute atomic E-state index is 0.0236. The van der Waals surface area contributed by atoms with Crippen LogP contribution in [-0.4, -0.2) is 25.6 Å². The van der Waals surface area contributed by atoms with E-state index in [4.69, 9.17) is 24.4 Å². The number of ether oxygens (including phenoxy) is 3. The smallest absolute Gasteiger partial charge is 0.374 e. The molecule has 7 nitrogen and oxygen atoms in total. The largest absolute Gasteiger partial charge is 0.497 e. The normalized spacial score (nSPS) is 10.7. The first-order valence-electron chi connectivity index (χ1n) is 8.43. The van der Waals surface area contributed by atoms with Gasteiger partial charge in [-0.3, -0.25) is 4.79 Å². The predicted molar refractivity (Wildman–Crippen MR) is 106 cm³/mol. The fourth-order valence-corrected chi connectivity index (χ4v) is 3.09. The summed E-state index contributed by atoms with van der Waals surface area (Å²) in [5.74, 6) is -0.430. The number of amides is 1. The zero-order chi connectivity index (χ0) is 20.3. The Balaban J connectivity index is 2.00. The summed E-state index contributed by atoms with van der Waals surface area (Å²) in [5.41, 5.74) is 6.65. The Hall–Kier alpha value is -3.00. The molecule has 8 heteroatoms. The van der Waals surface area contributed by atoms with Crippen molar-refractivity contribution >= 4 is 38.8 Å². The van der Waals surface area contributed by atoms with Crippen molar-refractivity contribution in [3.05, 3.63) is 57.8 Å². The van der Waals surface area contributed by atoms with E-state index < -0.39 is 11.9 Å². The highest BCUT2D eigenvalue weighted by Crippen LogP contribution is 2.31. The van der Waals surface area contributed by atoms with E-state index in [1.807, 2.05) is 6.07 Å². The molecule has 0 bridgehead atoms. The second-order valence-corrected chi connectivity index (χ2v) is 6.70. The number of furan rings is 1. The minimum atomic E-state index is -0.653. The molecule has 0 saturated heterocycles. The van der Waals surface area contributed by atoms with Gasteiger partial charge in [-0.25, -0.2) is 4.79 Å². The standard InChI is InChI=1S/C20H18BrNO6/c1-3-26-20(24)18-15(13-8-11(21)4-6-17(13)28-18)10-27-16-7-5-12(25-2)9-14(16)19(22)23/h4-9H,3,10H2,1-2H3,(H2,22,23). The highest BCUT2D eigenvalue weighted by Gasteiger charge is 2.23. The van der Waals surface area contributed by atoms with Gasteiger partial charge in [-0.2, -0.15) is 0 Å². The van der Waals surface area contributed by atoms with Crippen molar-refractivity contribution in [2.24, 2.45) is 5.73 Å². The van der Waals surface area contributed by atoms with Gasteiger partial charge in [0.15, 0.2) is 0 Å². The van der Waals surface area contributed by atoms with Crippen molar-refractivity contribution in [3.8, 4) is 11.5 Å². The fraction of sp³-hybridized carbons (Fsp3) is 0.200. The number of carbonyl (C=O) groups excluding carboxylic acids is 2. The fourth-order valence-electron chi connectivity index (χ4n) is 2.73. The zero-order valence-corrected chi connectivity index (χ0v) is 16.9. The molecule has 3 aromatic rings. The number of hydrogen-bond acceptors (Lipinski definition) is 6. The van der Waals surface area contributed by atoms with Gasteiger partial charge in [0.2, 0.25) is 5.76 Å². The van der Waals surface area contributed by atoms with Gasteiger partial charge in [0.05, 0.1) is 24.8 Å². The van der Waals surface area contributed by atoms with Crippen LogP contribution in [0.5, 0.6) is 11.5 Å². The first-order chi connectivity index (χ1) is 13.4. The third-order valence-electron chi connectivity index (χ3n) is 4.04. The third-order valence-corrected chi connectivity index (χ3v) is 4.53. The lowest BCUT2D eigenvalue weighted by atomic mass is 10.1. The molecule has 0 fully saturated rings. The molecule has 0 aliphatic heterocycles. The number of fused-ring (bicyclic) bond motifs is 1.